The van der Waals surface area contributed by atoms with Crippen LogP contribution in [0.15, 0.2) is 42.7 Å². The number of methoxy groups -OCH3 is 1. The van der Waals surface area contributed by atoms with Gasteiger partial charge in [-0.3, -0.25) is 9.78 Å². The lowest BCUT2D eigenvalue weighted by Crippen LogP contribution is -2.24. The van der Waals surface area contributed by atoms with Crippen LogP contribution in [0.3, 0.4) is 0 Å². The number of pyridine rings is 1. The molecule has 1 amide bonds. The van der Waals surface area contributed by atoms with E-state index in [0.717, 1.165) is 23.5 Å². The van der Waals surface area contributed by atoms with E-state index in [1.54, 1.807) is 25.6 Å². The van der Waals surface area contributed by atoms with Gasteiger partial charge in [-0.05, 0) is 19.1 Å². The third-order valence-corrected chi connectivity index (χ3v) is 3.06. The second kappa shape index (κ2) is 7.28. The number of para-hydroxylation sites is 1. The minimum absolute atomic E-state index is 0.162. The number of benzene rings is 1. The first-order valence-corrected chi connectivity index (χ1v) is 6.84. The predicted octanol–water partition coefficient (Wildman–Crippen LogP) is 2.45. The molecule has 0 unspecified atom stereocenters. The first-order valence-electron chi connectivity index (χ1n) is 6.84. The number of hydrogen-bond donors (Lipinski definition) is 2. The van der Waals surface area contributed by atoms with Crippen molar-refractivity contribution in [1.82, 2.24) is 10.3 Å². The van der Waals surface area contributed by atoms with Gasteiger partial charge < -0.3 is 15.4 Å². The number of aromatic nitrogens is 1. The third-order valence-electron chi connectivity index (χ3n) is 3.06. The van der Waals surface area contributed by atoms with Gasteiger partial charge in [0.2, 0.25) is 0 Å². The Morgan fingerprint density at radius 3 is 2.86 bits per heavy atom. The number of hydrogen-bond acceptors (Lipinski definition) is 4. The van der Waals surface area contributed by atoms with E-state index in [1.165, 1.54) is 0 Å². The average molecular weight is 285 g/mol. The van der Waals surface area contributed by atoms with E-state index in [1.807, 2.05) is 31.2 Å². The molecule has 2 aromatic rings. The molecule has 0 aliphatic heterocycles. The molecule has 5 heteroatoms. The molecule has 1 aromatic heterocycles. The van der Waals surface area contributed by atoms with Crippen LogP contribution < -0.4 is 15.4 Å². The summed E-state index contributed by atoms with van der Waals surface area (Å²) in [6, 6.07) is 9.40. The van der Waals surface area contributed by atoms with E-state index in [9.17, 15) is 4.79 Å². The van der Waals surface area contributed by atoms with Crippen LogP contribution in [0.2, 0.25) is 0 Å². The molecular formula is C16H19N3O2. The smallest absolute Gasteiger partial charge is 0.255 e. The molecule has 5 nitrogen and oxygen atoms in total. The lowest BCUT2D eigenvalue weighted by molar-refractivity contribution is 0.0951. The Morgan fingerprint density at radius 2 is 2.10 bits per heavy atom. The van der Waals surface area contributed by atoms with Crippen LogP contribution in [0.5, 0.6) is 5.75 Å². The quantitative estimate of drug-likeness (QED) is 0.855. The molecule has 0 radical (unpaired) electrons. The maximum absolute atomic E-state index is 12.3. The number of carbonyl (C=O) groups is 1. The van der Waals surface area contributed by atoms with Crippen LogP contribution in [-0.4, -0.2) is 24.5 Å². The molecule has 2 N–H and O–H groups in total. The molecule has 0 bridgehead atoms. The van der Waals surface area contributed by atoms with Gasteiger partial charge in [0, 0.05) is 31.0 Å². The van der Waals surface area contributed by atoms with Crippen molar-refractivity contribution in [3.63, 3.8) is 0 Å². The van der Waals surface area contributed by atoms with Crippen molar-refractivity contribution in [2.45, 2.75) is 13.5 Å². The zero-order chi connectivity index (χ0) is 15.1. The Labute approximate surface area is 124 Å². The molecule has 21 heavy (non-hydrogen) atoms. The minimum atomic E-state index is -0.162. The zero-order valence-corrected chi connectivity index (χ0v) is 12.2. The highest BCUT2D eigenvalue weighted by atomic mass is 16.5. The first kappa shape index (κ1) is 14.8. The molecule has 0 fully saturated rings. The number of anilines is 1. The number of rotatable bonds is 6. The Bertz CT molecular complexity index is 614. The van der Waals surface area contributed by atoms with Gasteiger partial charge >= 0.3 is 0 Å². The van der Waals surface area contributed by atoms with Gasteiger partial charge in [-0.25, -0.2) is 0 Å². The molecule has 0 aliphatic rings. The first-order chi connectivity index (χ1) is 10.3. The predicted molar refractivity (Wildman–Crippen MR) is 82.6 cm³/mol. The van der Waals surface area contributed by atoms with Crippen molar-refractivity contribution < 1.29 is 9.53 Å². The summed E-state index contributed by atoms with van der Waals surface area (Å²) in [5, 5.41) is 6.04. The number of amides is 1. The van der Waals surface area contributed by atoms with Crippen molar-refractivity contribution in [2.75, 3.05) is 19.0 Å². The summed E-state index contributed by atoms with van der Waals surface area (Å²) in [6.45, 7) is 3.14. The minimum Gasteiger partial charge on any atom is -0.496 e. The standard InChI is InChI=1S/C16H19N3O2/c1-3-18-14-8-9-17-11-13(14)16(20)19-10-12-6-4-5-7-15(12)21-2/h4-9,11H,3,10H2,1-2H3,(H,17,18)(H,19,20). The molecule has 0 aliphatic carbocycles. The van der Waals surface area contributed by atoms with Crippen molar-refractivity contribution in [2.24, 2.45) is 0 Å². The van der Waals surface area contributed by atoms with Crippen molar-refractivity contribution in [3.05, 3.63) is 53.9 Å². The van der Waals surface area contributed by atoms with Gasteiger partial charge in [0.05, 0.1) is 18.4 Å². The fourth-order valence-electron chi connectivity index (χ4n) is 2.04. The zero-order valence-electron chi connectivity index (χ0n) is 12.2. The van der Waals surface area contributed by atoms with Crippen LogP contribution in [0.25, 0.3) is 0 Å². The summed E-state index contributed by atoms with van der Waals surface area (Å²) in [5.41, 5.74) is 2.25. The maximum atomic E-state index is 12.3. The summed E-state index contributed by atoms with van der Waals surface area (Å²) in [7, 11) is 1.62. The van der Waals surface area contributed by atoms with Crippen molar-refractivity contribution >= 4 is 11.6 Å². The van der Waals surface area contributed by atoms with E-state index in [0.29, 0.717) is 12.1 Å². The largest absolute Gasteiger partial charge is 0.496 e. The summed E-state index contributed by atoms with van der Waals surface area (Å²) < 4.78 is 5.27. The Kier molecular flexibility index (Phi) is 5.15. The van der Waals surface area contributed by atoms with E-state index < -0.39 is 0 Å². The fraction of sp³-hybridized carbons (Fsp3) is 0.250. The van der Waals surface area contributed by atoms with Crippen LogP contribution >= 0.6 is 0 Å². The number of nitrogens with one attached hydrogen (secondary N) is 2. The molecule has 0 atom stereocenters. The highest BCUT2D eigenvalue weighted by molar-refractivity contribution is 5.99. The molecule has 1 aromatic carbocycles. The Balaban J connectivity index is 2.08. The lowest BCUT2D eigenvalue weighted by Gasteiger charge is -2.12. The monoisotopic (exact) mass is 285 g/mol. The topological polar surface area (TPSA) is 63.2 Å². The highest BCUT2D eigenvalue weighted by Gasteiger charge is 2.11. The lowest BCUT2D eigenvalue weighted by atomic mass is 10.2. The molecule has 0 saturated carbocycles. The van der Waals surface area contributed by atoms with Crippen LogP contribution in [-0.2, 0) is 6.54 Å². The second-order valence-corrected chi connectivity index (χ2v) is 4.45. The van der Waals surface area contributed by atoms with Gasteiger partial charge in [0.1, 0.15) is 5.75 Å². The highest BCUT2D eigenvalue weighted by Crippen LogP contribution is 2.18. The van der Waals surface area contributed by atoms with E-state index in [4.69, 9.17) is 4.74 Å². The average Bonchev–Trinajstić information content (AvgIpc) is 2.53. The van der Waals surface area contributed by atoms with Crippen LogP contribution in [0, 0.1) is 0 Å². The second-order valence-electron chi connectivity index (χ2n) is 4.45. The summed E-state index contributed by atoms with van der Waals surface area (Å²) in [5.74, 6) is 0.598. The molecular weight excluding hydrogens is 266 g/mol. The molecule has 2 rings (SSSR count). The van der Waals surface area contributed by atoms with Gasteiger partial charge in [0.25, 0.3) is 5.91 Å². The van der Waals surface area contributed by atoms with Crippen molar-refractivity contribution in [3.8, 4) is 5.75 Å². The maximum Gasteiger partial charge on any atom is 0.255 e. The fourth-order valence-corrected chi connectivity index (χ4v) is 2.04. The summed E-state index contributed by atoms with van der Waals surface area (Å²) in [6.07, 6.45) is 3.23. The SMILES string of the molecule is CCNc1ccncc1C(=O)NCc1ccccc1OC. The van der Waals surface area contributed by atoms with E-state index >= 15 is 0 Å². The molecule has 110 valence electrons. The Hall–Kier alpha value is -2.56. The van der Waals surface area contributed by atoms with Crippen LogP contribution in [0.1, 0.15) is 22.8 Å². The van der Waals surface area contributed by atoms with Gasteiger partial charge in [-0.2, -0.15) is 0 Å². The summed E-state index contributed by atoms with van der Waals surface area (Å²) in [4.78, 5) is 16.3. The number of ether oxygens (including phenoxy) is 1. The van der Waals surface area contributed by atoms with E-state index in [2.05, 4.69) is 15.6 Å². The number of carbonyl (C=O) groups excluding carboxylic acids is 1. The van der Waals surface area contributed by atoms with E-state index in [-0.39, 0.29) is 5.91 Å². The van der Waals surface area contributed by atoms with Gasteiger partial charge in [-0.1, -0.05) is 18.2 Å². The summed E-state index contributed by atoms with van der Waals surface area (Å²) >= 11 is 0. The molecule has 0 saturated heterocycles. The van der Waals surface area contributed by atoms with Gasteiger partial charge in [-0.15, -0.1) is 0 Å². The normalized spacial score (nSPS) is 10.0. The Morgan fingerprint density at radius 1 is 1.29 bits per heavy atom. The molecule has 0 spiro atoms. The van der Waals surface area contributed by atoms with Crippen LogP contribution in [0.4, 0.5) is 5.69 Å². The van der Waals surface area contributed by atoms with Crippen molar-refractivity contribution in [1.29, 1.82) is 0 Å². The molecule has 1 heterocycles. The van der Waals surface area contributed by atoms with Gasteiger partial charge in [0.15, 0.2) is 0 Å². The number of nitrogens with zero attached hydrogens (tertiary/aromatic N) is 1. The third kappa shape index (κ3) is 3.72.